The fourth-order valence-electron chi connectivity index (χ4n) is 5.17. The van der Waals surface area contributed by atoms with E-state index in [0.29, 0.717) is 11.2 Å². The van der Waals surface area contributed by atoms with Crippen LogP contribution in [0.25, 0.3) is 0 Å². The Labute approximate surface area is 174 Å². The molecule has 4 aliphatic rings. The molecule has 0 radical (unpaired) electrons. The van der Waals surface area contributed by atoms with Gasteiger partial charge in [0.1, 0.15) is 5.70 Å². The fraction of sp³-hybridized carbons (Fsp3) is 0.737. The zero-order valence-corrected chi connectivity index (χ0v) is 17.6. The summed E-state index contributed by atoms with van der Waals surface area (Å²) in [5.74, 6) is -1.28. The van der Waals surface area contributed by atoms with E-state index in [4.69, 9.17) is 11.1 Å². The van der Waals surface area contributed by atoms with E-state index >= 15 is 0 Å². The second kappa shape index (κ2) is 7.48. The van der Waals surface area contributed by atoms with Crippen LogP contribution in [0.1, 0.15) is 20.3 Å². The average molecular weight is 424 g/mol. The van der Waals surface area contributed by atoms with Gasteiger partial charge in [-0.2, -0.15) is 0 Å². The maximum Gasteiger partial charge on any atom is 0.353 e. The smallest absolute Gasteiger partial charge is 0.353 e. The summed E-state index contributed by atoms with van der Waals surface area (Å²) in [6, 6.07) is -0.247. The van der Waals surface area contributed by atoms with Crippen LogP contribution >= 0.6 is 11.8 Å². The highest BCUT2D eigenvalue weighted by Crippen LogP contribution is 2.51. The molecule has 4 rings (SSSR count). The molecule has 1 amide bonds. The normalized spacial score (nSPS) is 33.6. The minimum Gasteiger partial charge on any atom is -0.477 e. The number of nitrogens with zero attached hydrogens (tertiary/aromatic N) is 3. The molecule has 4 heterocycles. The number of likely N-dealkylation sites (tertiary alicyclic amines) is 2. The van der Waals surface area contributed by atoms with Crippen LogP contribution in [-0.4, -0.2) is 92.9 Å². The van der Waals surface area contributed by atoms with Gasteiger partial charge in [-0.05, 0) is 19.3 Å². The maximum absolute atomic E-state index is 12.4. The first-order chi connectivity index (χ1) is 13.7. The Kier molecular flexibility index (Phi) is 5.28. The minimum atomic E-state index is -1.06. The molecule has 0 aliphatic carbocycles. The van der Waals surface area contributed by atoms with E-state index < -0.39 is 18.0 Å². The van der Waals surface area contributed by atoms with Gasteiger partial charge in [-0.15, -0.1) is 11.8 Å². The zero-order valence-electron chi connectivity index (χ0n) is 16.7. The van der Waals surface area contributed by atoms with E-state index in [0.717, 1.165) is 44.0 Å². The lowest BCUT2D eigenvalue weighted by atomic mass is 9.79. The number of β-lactam (4-membered cyclic amide) rings is 1. The number of carbonyl (C=O) groups is 2. The lowest BCUT2D eigenvalue weighted by molar-refractivity contribution is -0.163. The molecule has 0 saturated carbocycles. The van der Waals surface area contributed by atoms with Gasteiger partial charge in [-0.1, -0.05) is 6.92 Å². The van der Waals surface area contributed by atoms with Crippen LogP contribution in [0.5, 0.6) is 0 Å². The van der Waals surface area contributed by atoms with Crippen LogP contribution in [0.2, 0.25) is 0 Å². The van der Waals surface area contributed by atoms with Crippen LogP contribution in [0.15, 0.2) is 10.6 Å². The molecule has 29 heavy (non-hydrogen) atoms. The highest BCUT2D eigenvalue weighted by Gasteiger charge is 2.60. The van der Waals surface area contributed by atoms with Gasteiger partial charge in [0.15, 0.2) is 5.96 Å². The zero-order chi connectivity index (χ0) is 21.0. The molecule has 5 atom stereocenters. The van der Waals surface area contributed by atoms with Crippen molar-refractivity contribution >= 4 is 29.6 Å². The number of aliphatic hydroxyl groups excluding tert-OH is 1. The van der Waals surface area contributed by atoms with Crippen LogP contribution in [-0.2, 0) is 9.59 Å². The number of hydrogen-bond acceptors (Lipinski definition) is 6. The van der Waals surface area contributed by atoms with Crippen LogP contribution in [0.3, 0.4) is 0 Å². The summed E-state index contributed by atoms with van der Waals surface area (Å²) in [6.45, 7) is 7.98. The number of rotatable bonds is 6. The summed E-state index contributed by atoms with van der Waals surface area (Å²) in [5, 5.41) is 27.5. The molecule has 9 nitrogen and oxygen atoms in total. The Balaban J connectivity index is 1.35. The summed E-state index contributed by atoms with van der Waals surface area (Å²) >= 11 is 1.59. The van der Waals surface area contributed by atoms with E-state index in [-0.39, 0.29) is 29.5 Å². The van der Waals surface area contributed by atoms with Crippen molar-refractivity contribution in [2.24, 2.45) is 23.5 Å². The van der Waals surface area contributed by atoms with Gasteiger partial charge in [0.2, 0.25) is 5.91 Å². The number of carboxylic acids is 1. The summed E-state index contributed by atoms with van der Waals surface area (Å²) in [7, 11) is 0. The van der Waals surface area contributed by atoms with E-state index in [1.165, 1.54) is 4.90 Å². The lowest BCUT2D eigenvalue weighted by Gasteiger charge is -2.46. The second-order valence-corrected chi connectivity index (χ2v) is 10.1. The predicted molar refractivity (Wildman–Crippen MR) is 109 cm³/mol. The molecule has 10 heteroatoms. The second-order valence-electron chi connectivity index (χ2n) is 8.72. The van der Waals surface area contributed by atoms with Gasteiger partial charge in [-0.3, -0.25) is 10.2 Å². The van der Waals surface area contributed by atoms with E-state index in [9.17, 15) is 19.8 Å². The van der Waals surface area contributed by atoms with Gasteiger partial charge in [-0.25, -0.2) is 4.79 Å². The van der Waals surface area contributed by atoms with Crippen molar-refractivity contribution in [2.75, 3.05) is 32.7 Å². The number of aliphatic carboxylic acids is 1. The SMILES string of the molecule is CC(O)[C@H]1C(=O)N2C(C(=O)O)=C(SC3CN(C[C@@H]4CCN(C(=N)N)C4)C3)[C@H](C)[C@H]12. The number of nitrogens with two attached hydrogens (primary N) is 1. The summed E-state index contributed by atoms with van der Waals surface area (Å²) < 4.78 is 0. The number of fused-ring (bicyclic) bond motifs is 1. The highest BCUT2D eigenvalue weighted by atomic mass is 32.2. The first-order valence-electron chi connectivity index (χ1n) is 10.2. The number of aliphatic hydroxyl groups is 1. The standard InChI is InChI=1S/C19H29N5O4S/c1-9-14-13(10(2)25)17(26)24(14)15(18(27)28)16(9)29-12-7-22(8-12)5-11-3-4-23(6-11)19(20)21/h9-14,25H,3-8H2,1-2H3,(H3,20,21)(H,27,28)/t9-,10?,11+,13-,14-/m1/s1. The van der Waals surface area contributed by atoms with Crippen molar-refractivity contribution in [2.45, 2.75) is 37.7 Å². The number of thioether (sulfide) groups is 1. The van der Waals surface area contributed by atoms with Gasteiger partial charge in [0.25, 0.3) is 0 Å². The van der Waals surface area contributed by atoms with E-state index in [1.807, 2.05) is 11.8 Å². The van der Waals surface area contributed by atoms with Crippen LogP contribution < -0.4 is 5.73 Å². The molecule has 0 aromatic heterocycles. The fourth-order valence-corrected chi connectivity index (χ4v) is 6.75. The number of carboxylic acid groups (broad SMARTS) is 1. The molecular weight excluding hydrogens is 394 g/mol. The van der Waals surface area contributed by atoms with Crippen LogP contribution in [0.4, 0.5) is 0 Å². The van der Waals surface area contributed by atoms with Gasteiger partial charge in [0.05, 0.1) is 18.1 Å². The first-order valence-corrected chi connectivity index (χ1v) is 11.0. The molecule has 0 aromatic carbocycles. The summed E-state index contributed by atoms with van der Waals surface area (Å²) in [6.07, 6.45) is 0.268. The molecular formula is C19H29N5O4S. The molecule has 4 aliphatic heterocycles. The third kappa shape index (κ3) is 3.40. The molecule has 0 aromatic rings. The molecule has 5 N–H and O–H groups in total. The van der Waals surface area contributed by atoms with Gasteiger partial charge in [0, 0.05) is 48.8 Å². The summed E-state index contributed by atoms with van der Waals surface area (Å²) in [4.78, 5) is 30.7. The Bertz CT molecular complexity index is 766. The third-order valence-electron chi connectivity index (χ3n) is 6.67. The van der Waals surface area contributed by atoms with Gasteiger partial charge >= 0.3 is 5.97 Å². The quantitative estimate of drug-likeness (QED) is 0.262. The number of amides is 1. The molecule has 160 valence electrons. The molecule has 0 spiro atoms. The minimum absolute atomic E-state index is 0.0728. The van der Waals surface area contributed by atoms with E-state index in [1.54, 1.807) is 18.7 Å². The number of carbonyl (C=O) groups excluding carboxylic acids is 1. The lowest BCUT2D eigenvalue weighted by Crippen LogP contribution is -2.63. The van der Waals surface area contributed by atoms with Crippen molar-refractivity contribution in [1.29, 1.82) is 5.41 Å². The molecule has 3 saturated heterocycles. The number of hydrogen-bond donors (Lipinski definition) is 4. The van der Waals surface area contributed by atoms with Crippen LogP contribution in [0, 0.1) is 23.2 Å². The predicted octanol–water partition coefficient (Wildman–Crippen LogP) is -0.227. The average Bonchev–Trinajstić information content (AvgIpc) is 3.15. The van der Waals surface area contributed by atoms with Crippen molar-refractivity contribution in [3.63, 3.8) is 0 Å². The summed E-state index contributed by atoms with van der Waals surface area (Å²) in [5.41, 5.74) is 5.67. The Morgan fingerprint density at radius 3 is 2.62 bits per heavy atom. The topological polar surface area (TPSA) is 134 Å². The Morgan fingerprint density at radius 1 is 1.38 bits per heavy atom. The molecule has 3 fully saturated rings. The maximum atomic E-state index is 12.4. The number of nitrogens with one attached hydrogen (secondary N) is 1. The Morgan fingerprint density at radius 2 is 2.07 bits per heavy atom. The third-order valence-corrected chi connectivity index (χ3v) is 8.12. The Hall–Kier alpha value is -1.78. The van der Waals surface area contributed by atoms with Crippen molar-refractivity contribution < 1.29 is 19.8 Å². The first kappa shape index (κ1) is 20.5. The number of guanidine groups is 1. The highest BCUT2D eigenvalue weighted by molar-refractivity contribution is 8.03. The molecule has 1 unspecified atom stereocenters. The van der Waals surface area contributed by atoms with Crippen molar-refractivity contribution in [3.8, 4) is 0 Å². The monoisotopic (exact) mass is 423 g/mol. The van der Waals surface area contributed by atoms with Gasteiger partial charge < -0.3 is 30.6 Å². The van der Waals surface area contributed by atoms with Crippen molar-refractivity contribution in [3.05, 3.63) is 10.6 Å². The molecule has 0 bridgehead atoms. The van der Waals surface area contributed by atoms with E-state index in [2.05, 4.69) is 4.90 Å². The van der Waals surface area contributed by atoms with Crippen molar-refractivity contribution in [1.82, 2.24) is 14.7 Å². The largest absolute Gasteiger partial charge is 0.477 e.